The summed E-state index contributed by atoms with van der Waals surface area (Å²) in [7, 11) is 4.83. The van der Waals surface area contributed by atoms with Gasteiger partial charge in [0.2, 0.25) is 0 Å². The molecule has 16 nitrogen and oxygen atoms in total. The first-order chi connectivity index (χ1) is 27.4. The molecule has 16 heteroatoms. The lowest BCUT2D eigenvalue weighted by molar-refractivity contribution is -0.344. The molecule has 2 N–H and O–H groups in total. The number of hydrogen-bond donors (Lipinski definition) is 2. The van der Waals surface area contributed by atoms with Crippen LogP contribution in [0, 0.1) is 11.8 Å². The van der Waals surface area contributed by atoms with Crippen molar-refractivity contribution in [3.8, 4) is 0 Å². The Morgan fingerprint density at radius 3 is 2.29 bits per heavy atom. The van der Waals surface area contributed by atoms with Gasteiger partial charge < -0.3 is 57.8 Å². The second-order valence-electron chi connectivity index (χ2n) is 16.2. The number of allylic oxidation sites excluding steroid dienone is 3. The van der Waals surface area contributed by atoms with Gasteiger partial charge in [-0.3, -0.25) is 19.2 Å². The van der Waals surface area contributed by atoms with Crippen LogP contribution < -0.4 is 0 Å². The van der Waals surface area contributed by atoms with Gasteiger partial charge in [0.25, 0.3) is 0 Å². The molecule has 3 heterocycles. The number of carbonyl (C=O) groups excluding carboxylic acids is 5. The highest BCUT2D eigenvalue weighted by Gasteiger charge is 2.53. The van der Waals surface area contributed by atoms with Crippen molar-refractivity contribution < 1.29 is 72.1 Å². The van der Waals surface area contributed by atoms with Crippen molar-refractivity contribution >= 4 is 30.0 Å². The fourth-order valence-corrected chi connectivity index (χ4v) is 7.90. The zero-order valence-corrected chi connectivity index (χ0v) is 35.8. The average Bonchev–Trinajstić information content (AvgIpc) is 3.13. The van der Waals surface area contributed by atoms with Crippen LogP contribution in [0.25, 0.3) is 0 Å². The van der Waals surface area contributed by atoms with Crippen LogP contribution in [-0.2, 0) is 61.9 Å². The Balaban J connectivity index is 2.00. The van der Waals surface area contributed by atoms with Crippen molar-refractivity contribution in [2.75, 3.05) is 21.2 Å². The molecule has 0 aromatic rings. The SMILES string of the molecule is CCCC(=O)O[C@@H]1[C@@H](C)O[C@@H](O[C@H]2[C@@H](N(C)C)[C@@H](O)[C@@H](O[C@H]3[C@@H](CC=O)C[C@@H](C)C(=O)/C=C\C=C/C[C@H](C)OC(=O)C[C@@H](OC(=O)CC)[C@@H]3OC)O[C@@H]2C)C[C@@]1(C)O. The molecule has 0 spiro atoms. The summed E-state index contributed by atoms with van der Waals surface area (Å²) >= 11 is 0. The minimum atomic E-state index is -1.50. The maximum atomic E-state index is 13.3. The number of carbonyl (C=O) groups is 5. The van der Waals surface area contributed by atoms with Crippen LogP contribution in [-0.4, -0.2) is 145 Å². The van der Waals surface area contributed by atoms with Gasteiger partial charge >= 0.3 is 17.9 Å². The van der Waals surface area contributed by atoms with E-state index < -0.39 is 115 Å². The zero-order valence-electron chi connectivity index (χ0n) is 35.8. The quantitative estimate of drug-likeness (QED) is 0.155. The molecule has 58 heavy (non-hydrogen) atoms. The minimum Gasteiger partial charge on any atom is -0.462 e. The number of esters is 3. The number of aliphatic hydroxyl groups is 2. The normalized spacial score (nSPS) is 39.3. The van der Waals surface area contributed by atoms with Crippen molar-refractivity contribution in [2.45, 2.75) is 179 Å². The molecule has 0 aliphatic carbocycles. The molecule has 2 fully saturated rings. The fraction of sp³-hybridized carbons (Fsp3) is 0.786. The molecule has 0 saturated carbocycles. The lowest BCUT2D eigenvalue weighted by atomic mass is 9.83. The monoisotopic (exact) mass is 825 g/mol. The average molecular weight is 826 g/mol. The number of cyclic esters (lactones) is 1. The highest BCUT2D eigenvalue weighted by Crippen LogP contribution is 2.37. The van der Waals surface area contributed by atoms with E-state index in [1.54, 1.807) is 78.8 Å². The summed E-state index contributed by atoms with van der Waals surface area (Å²) in [6.07, 6.45) is -3.34. The standard InChI is InChI=1S/C42H67NO15/c1-11-16-32(47)56-40-27(6)53-34(23-42(40,7)50)57-37-26(5)54-41(36(49)35(37)43(8)9)58-38-28(19-20-44)21-24(3)29(45)18-15-13-14-17-25(4)52-33(48)22-30(39(38)51-10)55-31(46)12-2/h13-15,18,20,24-28,30,34-41,49-50H,11-12,16-17,19,21-23H2,1-10H3/b14-13-,18-15-/t24-,25+,26-,27-,28+,30-,34+,35+,36-,37-,38+,39+,40-,41-,42-/m1/s1. The fourth-order valence-electron chi connectivity index (χ4n) is 7.90. The van der Waals surface area contributed by atoms with Gasteiger partial charge in [0, 0.05) is 45.1 Å². The van der Waals surface area contributed by atoms with E-state index >= 15 is 0 Å². The molecule has 0 aromatic carbocycles. The molecule has 0 aromatic heterocycles. The van der Waals surface area contributed by atoms with Crippen LogP contribution in [0.1, 0.15) is 99.8 Å². The number of hydrogen-bond acceptors (Lipinski definition) is 16. The number of methoxy groups -OCH3 is 1. The van der Waals surface area contributed by atoms with E-state index in [-0.39, 0.29) is 37.9 Å². The first kappa shape index (κ1) is 49.3. The van der Waals surface area contributed by atoms with Gasteiger partial charge in [-0.1, -0.05) is 39.0 Å². The number of aliphatic hydroxyl groups excluding tert-OH is 1. The maximum absolute atomic E-state index is 13.3. The van der Waals surface area contributed by atoms with Crippen LogP contribution in [0.5, 0.6) is 0 Å². The molecular weight excluding hydrogens is 758 g/mol. The maximum Gasteiger partial charge on any atom is 0.309 e. The molecule has 330 valence electrons. The summed E-state index contributed by atoms with van der Waals surface area (Å²) < 4.78 is 48.6. The molecular formula is C42H67NO15. The Kier molecular flexibility index (Phi) is 19.6. The van der Waals surface area contributed by atoms with Crippen molar-refractivity contribution in [1.82, 2.24) is 4.90 Å². The molecule has 0 radical (unpaired) electrons. The van der Waals surface area contributed by atoms with Crippen LogP contribution in [0.3, 0.4) is 0 Å². The molecule has 15 atom stereocenters. The second-order valence-corrected chi connectivity index (χ2v) is 16.2. The molecule has 2 saturated heterocycles. The highest BCUT2D eigenvalue weighted by molar-refractivity contribution is 5.91. The number of rotatable bonds is 13. The van der Waals surface area contributed by atoms with Crippen molar-refractivity contribution in [3.05, 3.63) is 24.3 Å². The van der Waals surface area contributed by atoms with Crippen molar-refractivity contribution in [1.29, 1.82) is 0 Å². The van der Waals surface area contributed by atoms with Gasteiger partial charge in [0.15, 0.2) is 24.5 Å². The lowest BCUT2D eigenvalue weighted by Crippen LogP contribution is -2.66. The van der Waals surface area contributed by atoms with Crippen LogP contribution in [0.4, 0.5) is 0 Å². The third-order valence-electron chi connectivity index (χ3n) is 10.9. The molecule has 0 amide bonds. The van der Waals surface area contributed by atoms with Crippen LogP contribution in [0.2, 0.25) is 0 Å². The van der Waals surface area contributed by atoms with E-state index in [0.29, 0.717) is 19.1 Å². The van der Waals surface area contributed by atoms with Gasteiger partial charge in [-0.2, -0.15) is 0 Å². The number of ketones is 1. The summed E-state index contributed by atoms with van der Waals surface area (Å²) in [6.45, 7) is 11.9. The Hall–Kier alpha value is -3.09. The lowest BCUT2D eigenvalue weighted by Gasteiger charge is -2.50. The summed E-state index contributed by atoms with van der Waals surface area (Å²) in [5.41, 5.74) is -1.50. The van der Waals surface area contributed by atoms with Gasteiger partial charge in [-0.05, 0) is 66.6 Å². The van der Waals surface area contributed by atoms with E-state index in [9.17, 15) is 34.2 Å². The predicted molar refractivity (Wildman–Crippen MR) is 209 cm³/mol. The van der Waals surface area contributed by atoms with Gasteiger partial charge in [-0.15, -0.1) is 0 Å². The molecule has 3 aliphatic heterocycles. The van der Waals surface area contributed by atoms with E-state index in [2.05, 4.69) is 0 Å². The Bertz CT molecular complexity index is 1420. The summed E-state index contributed by atoms with van der Waals surface area (Å²) in [4.78, 5) is 65.7. The Labute approximate surface area is 342 Å². The topological polar surface area (TPSA) is 203 Å². The van der Waals surface area contributed by atoms with Gasteiger partial charge in [0.1, 0.15) is 42.4 Å². The van der Waals surface area contributed by atoms with Crippen molar-refractivity contribution in [2.24, 2.45) is 11.8 Å². The van der Waals surface area contributed by atoms with Gasteiger partial charge in [-0.25, -0.2) is 0 Å². The number of nitrogens with zero attached hydrogens (tertiary/aromatic N) is 1. The summed E-state index contributed by atoms with van der Waals surface area (Å²) in [6, 6.07) is -0.793. The third-order valence-corrected chi connectivity index (χ3v) is 10.9. The smallest absolute Gasteiger partial charge is 0.309 e. The first-order valence-electron chi connectivity index (χ1n) is 20.5. The largest absolute Gasteiger partial charge is 0.462 e. The minimum absolute atomic E-state index is 0.0121. The van der Waals surface area contributed by atoms with E-state index in [4.69, 9.17) is 37.9 Å². The van der Waals surface area contributed by atoms with Gasteiger partial charge in [0.05, 0.1) is 30.8 Å². The van der Waals surface area contributed by atoms with E-state index in [0.717, 1.165) is 0 Å². The van der Waals surface area contributed by atoms with E-state index in [1.165, 1.54) is 13.2 Å². The zero-order chi connectivity index (χ0) is 43.3. The first-order valence-corrected chi connectivity index (χ1v) is 20.5. The number of likely N-dealkylation sites (N-methyl/N-ethyl adjacent to an activating group) is 1. The number of ether oxygens (including phenoxy) is 8. The summed E-state index contributed by atoms with van der Waals surface area (Å²) in [5, 5.41) is 23.5. The van der Waals surface area contributed by atoms with Crippen molar-refractivity contribution in [3.63, 3.8) is 0 Å². The highest BCUT2D eigenvalue weighted by atomic mass is 16.7. The Morgan fingerprint density at radius 2 is 1.69 bits per heavy atom. The second kappa shape index (κ2) is 23.1. The van der Waals surface area contributed by atoms with Crippen LogP contribution >= 0.6 is 0 Å². The Morgan fingerprint density at radius 1 is 0.983 bits per heavy atom. The summed E-state index contributed by atoms with van der Waals surface area (Å²) in [5.74, 6) is -3.28. The third kappa shape index (κ3) is 13.7. The number of aldehydes is 1. The predicted octanol–water partition coefficient (Wildman–Crippen LogP) is 3.37. The molecule has 3 aliphatic rings. The molecule has 0 unspecified atom stereocenters. The molecule has 3 rings (SSSR count). The van der Waals surface area contributed by atoms with Crippen LogP contribution in [0.15, 0.2) is 24.3 Å². The molecule has 0 bridgehead atoms. The van der Waals surface area contributed by atoms with E-state index in [1.807, 2.05) is 6.92 Å².